The van der Waals surface area contributed by atoms with E-state index in [1.165, 1.54) is 4.63 Å². The van der Waals surface area contributed by atoms with Crippen LogP contribution in [0.15, 0.2) is 42.5 Å². The zero-order chi connectivity index (χ0) is 15.6. The van der Waals surface area contributed by atoms with Crippen molar-refractivity contribution in [2.24, 2.45) is 0 Å². The number of carbonyl (C=O) groups is 1. The minimum Gasteiger partial charge on any atom is -0.343 e. The Hall–Kier alpha value is -3.03. The normalized spacial score (nSPS) is 17.6. The zero-order valence-corrected chi connectivity index (χ0v) is 12.3. The summed E-state index contributed by atoms with van der Waals surface area (Å²) in [6.45, 7) is 0.785. The second-order valence-electron chi connectivity index (χ2n) is 5.42. The summed E-state index contributed by atoms with van der Waals surface area (Å²) in [5.41, 5.74) is 1.38. The van der Waals surface area contributed by atoms with Gasteiger partial charge in [-0.3, -0.25) is 4.79 Å². The topological polar surface area (TPSA) is 88.3 Å². The lowest BCUT2D eigenvalue weighted by Crippen LogP contribution is -2.40. The smallest absolute Gasteiger partial charge is 0.247 e. The summed E-state index contributed by atoms with van der Waals surface area (Å²) in [5.74, 6) is 0.683. The summed E-state index contributed by atoms with van der Waals surface area (Å²) in [7, 11) is 0. The highest BCUT2D eigenvalue weighted by molar-refractivity contribution is 5.97. The van der Waals surface area contributed by atoms with Gasteiger partial charge in [0.1, 0.15) is 6.04 Å². The second kappa shape index (κ2) is 5.64. The number of para-hydroxylation sites is 1. The molecule has 0 spiro atoms. The predicted molar refractivity (Wildman–Crippen MR) is 84.0 cm³/mol. The molecule has 0 bridgehead atoms. The Kier molecular flexibility index (Phi) is 3.34. The number of nitrogens with one attached hydrogen (secondary N) is 1. The molecule has 1 amide bonds. The minimum atomic E-state index is -0.239. The quantitative estimate of drug-likeness (QED) is 0.780. The van der Waals surface area contributed by atoms with E-state index >= 15 is 0 Å². The van der Waals surface area contributed by atoms with E-state index in [1.54, 1.807) is 6.07 Å². The van der Waals surface area contributed by atoms with Gasteiger partial charge in [-0.15, -0.1) is 14.8 Å². The van der Waals surface area contributed by atoms with Gasteiger partial charge in [0, 0.05) is 12.2 Å². The molecule has 2 aromatic heterocycles. The van der Waals surface area contributed by atoms with Gasteiger partial charge in [0.25, 0.3) is 0 Å². The lowest BCUT2D eigenvalue weighted by molar-refractivity contribution is -0.117. The molecule has 1 N–H and O–H groups in total. The van der Waals surface area contributed by atoms with Gasteiger partial charge in [-0.05, 0) is 47.5 Å². The van der Waals surface area contributed by atoms with Crippen LogP contribution in [0.5, 0.6) is 0 Å². The molecule has 1 aliphatic heterocycles. The third-order valence-electron chi connectivity index (χ3n) is 3.95. The lowest BCUT2D eigenvalue weighted by atomic mass is 10.2. The summed E-state index contributed by atoms with van der Waals surface area (Å²) in [6.07, 6.45) is 1.75. The van der Waals surface area contributed by atoms with E-state index < -0.39 is 0 Å². The van der Waals surface area contributed by atoms with Crippen LogP contribution >= 0.6 is 0 Å². The van der Waals surface area contributed by atoms with Crippen molar-refractivity contribution in [2.45, 2.75) is 18.9 Å². The third-order valence-corrected chi connectivity index (χ3v) is 3.95. The molecule has 3 aromatic rings. The van der Waals surface area contributed by atoms with Crippen LogP contribution in [-0.2, 0) is 4.79 Å². The number of carbonyl (C=O) groups excluding carboxylic acids is 1. The first-order valence-corrected chi connectivity index (χ1v) is 7.49. The molecular formula is C15H15N7O. The number of fused-ring (bicyclic) bond motifs is 1. The maximum atomic E-state index is 12.6. The highest BCUT2D eigenvalue weighted by Gasteiger charge is 2.32. The van der Waals surface area contributed by atoms with Gasteiger partial charge in [-0.1, -0.05) is 18.2 Å². The highest BCUT2D eigenvalue weighted by atomic mass is 16.2. The molecule has 4 rings (SSSR count). The fraction of sp³-hybridized carbons (Fsp3) is 0.267. The third kappa shape index (κ3) is 2.59. The van der Waals surface area contributed by atoms with Crippen LogP contribution in [0.3, 0.4) is 0 Å². The fourth-order valence-electron chi connectivity index (χ4n) is 2.85. The second-order valence-corrected chi connectivity index (χ2v) is 5.42. The summed E-state index contributed by atoms with van der Waals surface area (Å²) in [5, 5.41) is 18.6. The highest BCUT2D eigenvalue weighted by Crippen LogP contribution is 2.24. The molecule has 1 fully saturated rings. The van der Waals surface area contributed by atoms with Crippen LogP contribution in [0.4, 0.5) is 11.5 Å². The fourth-order valence-corrected chi connectivity index (χ4v) is 2.85. The number of hydrogen-bond donors (Lipinski definition) is 1. The molecule has 0 saturated carbocycles. The van der Waals surface area contributed by atoms with Crippen molar-refractivity contribution in [2.75, 3.05) is 16.8 Å². The summed E-state index contributed by atoms with van der Waals surface area (Å²) >= 11 is 0. The van der Waals surface area contributed by atoms with Crippen molar-refractivity contribution in [3.63, 3.8) is 0 Å². The number of benzene rings is 1. The van der Waals surface area contributed by atoms with Crippen LogP contribution in [0.1, 0.15) is 12.8 Å². The van der Waals surface area contributed by atoms with Crippen LogP contribution in [0.2, 0.25) is 0 Å². The molecule has 1 aliphatic rings. The Bertz CT molecular complexity index is 832. The molecular weight excluding hydrogens is 294 g/mol. The average Bonchev–Trinajstić information content (AvgIpc) is 3.24. The van der Waals surface area contributed by atoms with Gasteiger partial charge >= 0.3 is 0 Å². The van der Waals surface area contributed by atoms with Crippen LogP contribution in [0, 0.1) is 0 Å². The molecule has 1 aromatic carbocycles. The number of anilines is 2. The van der Waals surface area contributed by atoms with Gasteiger partial charge in [0.2, 0.25) is 5.91 Å². The Morgan fingerprint density at radius 2 is 2.04 bits per heavy atom. The van der Waals surface area contributed by atoms with E-state index in [1.807, 2.05) is 41.3 Å². The summed E-state index contributed by atoms with van der Waals surface area (Å²) < 4.78 is 1.37. The Morgan fingerprint density at radius 1 is 1.17 bits per heavy atom. The van der Waals surface area contributed by atoms with E-state index in [9.17, 15) is 4.79 Å². The molecule has 8 nitrogen and oxygen atoms in total. The van der Waals surface area contributed by atoms with Crippen molar-refractivity contribution in [3.8, 4) is 0 Å². The molecule has 1 saturated heterocycles. The molecule has 0 unspecified atom stereocenters. The monoisotopic (exact) mass is 309 g/mol. The number of nitrogens with zero attached hydrogens (tertiary/aromatic N) is 6. The minimum absolute atomic E-state index is 0.0210. The lowest BCUT2D eigenvalue weighted by Gasteiger charge is -2.24. The van der Waals surface area contributed by atoms with Crippen molar-refractivity contribution < 1.29 is 4.79 Å². The van der Waals surface area contributed by atoms with Crippen LogP contribution in [0.25, 0.3) is 5.65 Å². The first-order valence-electron chi connectivity index (χ1n) is 7.49. The molecule has 8 heteroatoms. The Balaban J connectivity index is 1.57. The van der Waals surface area contributed by atoms with Crippen molar-refractivity contribution in [1.82, 2.24) is 25.3 Å². The van der Waals surface area contributed by atoms with E-state index in [-0.39, 0.29) is 11.9 Å². The molecule has 0 aliphatic carbocycles. The molecule has 3 heterocycles. The van der Waals surface area contributed by atoms with Crippen molar-refractivity contribution >= 4 is 23.1 Å². The maximum absolute atomic E-state index is 12.6. The average molecular weight is 309 g/mol. The number of aromatic nitrogens is 5. The van der Waals surface area contributed by atoms with Crippen LogP contribution in [-0.4, -0.2) is 43.7 Å². The van der Waals surface area contributed by atoms with Gasteiger partial charge < -0.3 is 10.2 Å². The molecule has 0 radical (unpaired) electrons. The van der Waals surface area contributed by atoms with E-state index in [0.29, 0.717) is 11.5 Å². The number of tetrazole rings is 1. The van der Waals surface area contributed by atoms with Crippen molar-refractivity contribution in [1.29, 1.82) is 0 Å². The van der Waals surface area contributed by atoms with E-state index in [2.05, 4.69) is 25.9 Å². The number of amides is 1. The zero-order valence-electron chi connectivity index (χ0n) is 12.3. The summed E-state index contributed by atoms with van der Waals surface area (Å²) in [4.78, 5) is 14.6. The van der Waals surface area contributed by atoms with E-state index in [0.717, 1.165) is 25.1 Å². The standard InChI is InChI=1S/C15H15N7O/c23-15(16-11-5-2-1-3-6-11)12-7-4-10-21(12)14-9-8-13-17-19-20-22(13)18-14/h1-3,5-6,8-9,12H,4,7,10H2,(H,16,23)/t12-/m1/s1. The number of rotatable bonds is 3. The Labute approximate surface area is 132 Å². The largest absolute Gasteiger partial charge is 0.343 e. The van der Waals surface area contributed by atoms with Crippen molar-refractivity contribution in [3.05, 3.63) is 42.5 Å². The van der Waals surface area contributed by atoms with Gasteiger partial charge in [0.05, 0.1) is 0 Å². The number of hydrogen-bond acceptors (Lipinski definition) is 6. The first-order chi connectivity index (χ1) is 11.3. The van der Waals surface area contributed by atoms with Crippen LogP contribution < -0.4 is 10.2 Å². The summed E-state index contributed by atoms with van der Waals surface area (Å²) in [6, 6.07) is 12.9. The van der Waals surface area contributed by atoms with Gasteiger partial charge in [-0.2, -0.15) is 0 Å². The first kappa shape index (κ1) is 13.6. The Morgan fingerprint density at radius 3 is 2.91 bits per heavy atom. The SMILES string of the molecule is O=C(Nc1ccccc1)[C@H]1CCCN1c1ccc2nnnn2n1. The molecule has 23 heavy (non-hydrogen) atoms. The van der Waals surface area contributed by atoms with E-state index in [4.69, 9.17) is 0 Å². The predicted octanol–water partition coefficient (Wildman–Crippen LogP) is 1.13. The molecule has 1 atom stereocenters. The molecule has 116 valence electrons. The van der Waals surface area contributed by atoms with Gasteiger partial charge in [0.15, 0.2) is 11.5 Å². The maximum Gasteiger partial charge on any atom is 0.247 e. The van der Waals surface area contributed by atoms with Gasteiger partial charge in [-0.25, -0.2) is 0 Å².